The Labute approximate surface area is 145 Å². The van der Waals surface area contributed by atoms with E-state index in [4.69, 9.17) is 11.6 Å². The lowest BCUT2D eigenvalue weighted by atomic mass is 10.1. The summed E-state index contributed by atoms with van der Waals surface area (Å²) in [5, 5.41) is 9.45. The number of carbonyl (C=O) groups excluding carboxylic acids is 2. The van der Waals surface area contributed by atoms with Crippen molar-refractivity contribution in [3.8, 4) is 0 Å². The Kier molecular flexibility index (Phi) is 5.01. The standard InChI is InChI=1S/C18H18ClN3O2/c19-13-7-5-12(6-8-13)9-10-20-17(23)11-16-18(24)22-15-4-2-1-3-14(15)21-16/h1-8,16,21H,9-11H2,(H,20,23)(H,22,24). The first-order valence-electron chi connectivity index (χ1n) is 7.79. The summed E-state index contributed by atoms with van der Waals surface area (Å²) in [6.45, 7) is 0.519. The Morgan fingerprint density at radius 2 is 1.79 bits per heavy atom. The molecule has 0 aromatic heterocycles. The van der Waals surface area contributed by atoms with Crippen LogP contribution in [0.1, 0.15) is 12.0 Å². The lowest BCUT2D eigenvalue weighted by molar-refractivity contribution is -0.124. The van der Waals surface area contributed by atoms with Crippen LogP contribution in [0.2, 0.25) is 5.02 Å². The molecule has 0 bridgehead atoms. The second-order valence-electron chi connectivity index (χ2n) is 5.66. The maximum Gasteiger partial charge on any atom is 0.247 e. The summed E-state index contributed by atoms with van der Waals surface area (Å²) < 4.78 is 0. The van der Waals surface area contributed by atoms with Crippen LogP contribution in [0.3, 0.4) is 0 Å². The summed E-state index contributed by atoms with van der Waals surface area (Å²) in [6.07, 6.45) is 0.816. The number of hydrogen-bond donors (Lipinski definition) is 3. The van der Waals surface area contributed by atoms with E-state index in [1.807, 2.05) is 48.5 Å². The molecular formula is C18H18ClN3O2. The van der Waals surface area contributed by atoms with E-state index in [9.17, 15) is 9.59 Å². The van der Waals surface area contributed by atoms with E-state index >= 15 is 0 Å². The third kappa shape index (κ3) is 4.06. The van der Waals surface area contributed by atoms with Crippen LogP contribution in [0.4, 0.5) is 11.4 Å². The number of amides is 2. The normalized spacial score (nSPS) is 15.9. The Balaban J connectivity index is 1.48. The molecule has 1 aliphatic heterocycles. The number of anilines is 2. The fourth-order valence-electron chi connectivity index (χ4n) is 2.59. The van der Waals surface area contributed by atoms with Gasteiger partial charge in [0.25, 0.3) is 0 Å². The van der Waals surface area contributed by atoms with Gasteiger partial charge in [0.15, 0.2) is 0 Å². The van der Waals surface area contributed by atoms with E-state index in [2.05, 4.69) is 16.0 Å². The molecule has 1 atom stereocenters. The van der Waals surface area contributed by atoms with Crippen LogP contribution >= 0.6 is 11.6 Å². The van der Waals surface area contributed by atoms with E-state index < -0.39 is 6.04 Å². The van der Waals surface area contributed by atoms with Gasteiger partial charge < -0.3 is 16.0 Å². The van der Waals surface area contributed by atoms with Gasteiger partial charge in [0, 0.05) is 11.6 Å². The maximum atomic E-state index is 12.1. The third-order valence-electron chi connectivity index (χ3n) is 3.87. The zero-order valence-electron chi connectivity index (χ0n) is 13.0. The van der Waals surface area contributed by atoms with Crippen molar-refractivity contribution in [2.45, 2.75) is 18.9 Å². The van der Waals surface area contributed by atoms with Crippen LogP contribution in [0.15, 0.2) is 48.5 Å². The summed E-state index contributed by atoms with van der Waals surface area (Å²) in [5.74, 6) is -0.349. The smallest absolute Gasteiger partial charge is 0.247 e. The molecule has 3 N–H and O–H groups in total. The quantitative estimate of drug-likeness (QED) is 0.781. The molecule has 2 aromatic carbocycles. The van der Waals surface area contributed by atoms with Crippen molar-refractivity contribution >= 4 is 34.8 Å². The highest BCUT2D eigenvalue weighted by atomic mass is 35.5. The van der Waals surface area contributed by atoms with Crippen molar-refractivity contribution in [2.75, 3.05) is 17.2 Å². The Hall–Kier alpha value is -2.53. The van der Waals surface area contributed by atoms with Gasteiger partial charge in [-0.1, -0.05) is 35.9 Å². The molecule has 3 rings (SSSR count). The maximum absolute atomic E-state index is 12.1. The van der Waals surface area contributed by atoms with Crippen LogP contribution in [-0.2, 0) is 16.0 Å². The van der Waals surface area contributed by atoms with Gasteiger partial charge in [0.1, 0.15) is 6.04 Å². The van der Waals surface area contributed by atoms with Crippen LogP contribution < -0.4 is 16.0 Å². The number of carbonyl (C=O) groups is 2. The molecule has 0 saturated heterocycles. The van der Waals surface area contributed by atoms with Gasteiger partial charge in [-0.25, -0.2) is 0 Å². The number of rotatable bonds is 5. The number of nitrogens with one attached hydrogen (secondary N) is 3. The second kappa shape index (κ2) is 7.36. The minimum Gasteiger partial charge on any atom is -0.372 e. The first kappa shape index (κ1) is 16.3. The lowest BCUT2D eigenvalue weighted by Crippen LogP contribution is -2.42. The Morgan fingerprint density at radius 1 is 1.08 bits per heavy atom. The number of hydrogen-bond acceptors (Lipinski definition) is 3. The molecule has 24 heavy (non-hydrogen) atoms. The van der Waals surface area contributed by atoms with Crippen molar-refractivity contribution in [3.63, 3.8) is 0 Å². The summed E-state index contributed by atoms with van der Waals surface area (Å²) in [7, 11) is 0. The highest BCUT2D eigenvalue weighted by molar-refractivity contribution is 6.30. The number of halogens is 1. The van der Waals surface area contributed by atoms with Crippen molar-refractivity contribution in [1.82, 2.24) is 5.32 Å². The Bertz CT molecular complexity index is 746. The topological polar surface area (TPSA) is 70.2 Å². The minimum absolute atomic E-state index is 0.0980. The number of para-hydroxylation sites is 2. The molecule has 5 nitrogen and oxygen atoms in total. The number of benzene rings is 2. The zero-order valence-corrected chi connectivity index (χ0v) is 13.8. The minimum atomic E-state index is -0.560. The zero-order chi connectivity index (χ0) is 16.9. The van der Waals surface area contributed by atoms with Crippen LogP contribution in [-0.4, -0.2) is 24.4 Å². The van der Waals surface area contributed by atoms with Gasteiger partial charge in [0.2, 0.25) is 11.8 Å². The van der Waals surface area contributed by atoms with Crippen molar-refractivity contribution in [1.29, 1.82) is 0 Å². The van der Waals surface area contributed by atoms with Crippen molar-refractivity contribution < 1.29 is 9.59 Å². The average Bonchev–Trinajstić information content (AvgIpc) is 2.57. The molecule has 124 valence electrons. The van der Waals surface area contributed by atoms with Gasteiger partial charge in [-0.05, 0) is 36.2 Å². The van der Waals surface area contributed by atoms with Crippen molar-refractivity contribution in [3.05, 3.63) is 59.1 Å². The molecule has 1 unspecified atom stereocenters. The molecule has 0 aliphatic carbocycles. The first-order valence-corrected chi connectivity index (χ1v) is 8.17. The molecule has 1 heterocycles. The van der Waals surface area contributed by atoms with Gasteiger partial charge in [-0.3, -0.25) is 9.59 Å². The fraction of sp³-hybridized carbons (Fsp3) is 0.222. The molecule has 0 saturated carbocycles. The molecule has 0 spiro atoms. The molecule has 0 fully saturated rings. The SMILES string of the molecule is O=C(CC1Nc2ccccc2NC1=O)NCCc1ccc(Cl)cc1. The van der Waals surface area contributed by atoms with Crippen molar-refractivity contribution in [2.24, 2.45) is 0 Å². The van der Waals surface area contributed by atoms with Crippen LogP contribution in [0.25, 0.3) is 0 Å². The highest BCUT2D eigenvalue weighted by Crippen LogP contribution is 2.26. The van der Waals surface area contributed by atoms with E-state index in [-0.39, 0.29) is 18.2 Å². The second-order valence-corrected chi connectivity index (χ2v) is 6.10. The summed E-state index contributed by atoms with van der Waals surface area (Å²) in [5.41, 5.74) is 2.67. The molecule has 6 heteroatoms. The van der Waals surface area contributed by atoms with E-state index in [0.717, 1.165) is 23.4 Å². The largest absolute Gasteiger partial charge is 0.372 e. The molecular weight excluding hydrogens is 326 g/mol. The fourth-order valence-corrected chi connectivity index (χ4v) is 2.72. The van der Waals surface area contributed by atoms with E-state index in [1.54, 1.807) is 0 Å². The average molecular weight is 344 g/mol. The van der Waals surface area contributed by atoms with E-state index in [1.165, 1.54) is 0 Å². The monoisotopic (exact) mass is 343 g/mol. The third-order valence-corrected chi connectivity index (χ3v) is 4.12. The van der Waals surface area contributed by atoms with Gasteiger partial charge in [0.05, 0.1) is 17.8 Å². The lowest BCUT2D eigenvalue weighted by Gasteiger charge is -2.26. The van der Waals surface area contributed by atoms with Crippen LogP contribution in [0.5, 0.6) is 0 Å². The molecule has 1 aliphatic rings. The predicted molar refractivity (Wildman–Crippen MR) is 95.3 cm³/mol. The summed E-state index contributed by atoms with van der Waals surface area (Å²) >= 11 is 5.84. The number of fused-ring (bicyclic) bond motifs is 1. The molecule has 2 amide bonds. The molecule has 0 radical (unpaired) electrons. The highest BCUT2D eigenvalue weighted by Gasteiger charge is 2.27. The summed E-state index contributed by atoms with van der Waals surface area (Å²) in [4.78, 5) is 24.1. The first-order chi connectivity index (χ1) is 11.6. The Morgan fingerprint density at radius 3 is 2.54 bits per heavy atom. The van der Waals surface area contributed by atoms with Gasteiger partial charge in [-0.15, -0.1) is 0 Å². The van der Waals surface area contributed by atoms with Crippen LogP contribution in [0, 0.1) is 0 Å². The van der Waals surface area contributed by atoms with Gasteiger partial charge in [-0.2, -0.15) is 0 Å². The van der Waals surface area contributed by atoms with Gasteiger partial charge >= 0.3 is 0 Å². The van der Waals surface area contributed by atoms with E-state index in [0.29, 0.717) is 11.6 Å². The summed E-state index contributed by atoms with van der Waals surface area (Å²) in [6, 6.07) is 14.4. The predicted octanol–water partition coefficient (Wildman–Crippen LogP) is 2.82. The molecule has 2 aromatic rings.